The van der Waals surface area contributed by atoms with Gasteiger partial charge in [0.05, 0.1) is 12.3 Å². The number of esters is 1. The van der Waals surface area contributed by atoms with E-state index in [-0.39, 0.29) is 16.6 Å². The standard InChI is InChI=1S/C30H24Cl2N2O4/c1-29(2,3)38-28(37)24-23(21-13-12-17(31)14-22(21)32)30(26(35)19-10-6-7-11-20(19)27(30)36)25-18-9-5-4-8-16(18)15-33-34(24)25/h4-15,23-25H,1-3H3. The molecule has 1 fully saturated rings. The molecule has 6 rings (SSSR count). The average molecular weight is 547 g/mol. The quantitative estimate of drug-likeness (QED) is 0.280. The molecule has 3 aromatic rings. The van der Waals surface area contributed by atoms with Crippen LogP contribution in [0.5, 0.6) is 0 Å². The number of fused-ring (bicyclic) bond motifs is 5. The maximum absolute atomic E-state index is 14.6. The number of hydrogen-bond acceptors (Lipinski definition) is 6. The van der Waals surface area contributed by atoms with E-state index < -0.39 is 35.0 Å². The number of hydrogen-bond donors (Lipinski definition) is 0. The van der Waals surface area contributed by atoms with Gasteiger partial charge in [0.15, 0.2) is 17.6 Å². The van der Waals surface area contributed by atoms with Crippen molar-refractivity contribution in [2.24, 2.45) is 10.5 Å². The zero-order valence-electron chi connectivity index (χ0n) is 20.9. The van der Waals surface area contributed by atoms with E-state index in [1.807, 2.05) is 24.3 Å². The first-order valence-corrected chi connectivity index (χ1v) is 13.1. The van der Waals surface area contributed by atoms with Gasteiger partial charge in [0.25, 0.3) is 0 Å². The molecule has 3 aliphatic rings. The van der Waals surface area contributed by atoms with Gasteiger partial charge in [0.2, 0.25) is 0 Å². The lowest BCUT2D eigenvalue weighted by Crippen LogP contribution is -2.44. The number of carbonyl (C=O) groups excluding carboxylic acids is 3. The minimum Gasteiger partial charge on any atom is -0.458 e. The van der Waals surface area contributed by atoms with Crippen LogP contribution < -0.4 is 0 Å². The minimum atomic E-state index is -1.71. The van der Waals surface area contributed by atoms with Gasteiger partial charge in [-0.25, -0.2) is 4.79 Å². The maximum Gasteiger partial charge on any atom is 0.331 e. The molecule has 0 aromatic heterocycles. The first-order valence-electron chi connectivity index (χ1n) is 12.3. The number of ketones is 2. The number of hydrazone groups is 1. The third-order valence-corrected chi connectivity index (χ3v) is 8.08. The van der Waals surface area contributed by atoms with Gasteiger partial charge in [0.1, 0.15) is 11.0 Å². The monoisotopic (exact) mass is 546 g/mol. The Kier molecular flexibility index (Phi) is 5.57. The van der Waals surface area contributed by atoms with Gasteiger partial charge in [0, 0.05) is 27.1 Å². The molecule has 192 valence electrons. The zero-order chi connectivity index (χ0) is 27.0. The summed E-state index contributed by atoms with van der Waals surface area (Å²) in [6.45, 7) is 5.32. The number of nitrogens with zero attached hydrogens (tertiary/aromatic N) is 2. The normalized spacial score (nSPS) is 22.9. The van der Waals surface area contributed by atoms with Crippen LogP contribution in [0, 0.1) is 5.41 Å². The Morgan fingerprint density at radius 1 is 0.921 bits per heavy atom. The Bertz CT molecular complexity index is 1520. The molecule has 6 nitrogen and oxygen atoms in total. The number of rotatable bonds is 2. The molecule has 1 spiro atoms. The minimum absolute atomic E-state index is 0.254. The first kappa shape index (κ1) is 24.8. The Morgan fingerprint density at radius 2 is 1.55 bits per heavy atom. The smallest absolute Gasteiger partial charge is 0.331 e. The van der Waals surface area contributed by atoms with Gasteiger partial charge < -0.3 is 4.74 Å². The van der Waals surface area contributed by atoms with Crippen LogP contribution in [0.2, 0.25) is 10.0 Å². The number of Topliss-reactive ketones (excluding diaryl/α,β-unsaturated/α-hetero) is 2. The number of halogens is 2. The second-order valence-electron chi connectivity index (χ2n) is 10.9. The molecular weight excluding hydrogens is 523 g/mol. The van der Waals surface area contributed by atoms with Crippen molar-refractivity contribution in [3.63, 3.8) is 0 Å². The highest BCUT2D eigenvalue weighted by atomic mass is 35.5. The molecule has 0 N–H and O–H groups in total. The number of benzene rings is 3. The van der Waals surface area contributed by atoms with Crippen LogP contribution in [0.3, 0.4) is 0 Å². The van der Waals surface area contributed by atoms with E-state index in [2.05, 4.69) is 5.10 Å². The van der Waals surface area contributed by atoms with Gasteiger partial charge in [-0.2, -0.15) is 5.10 Å². The fourth-order valence-electron chi connectivity index (χ4n) is 6.21. The van der Waals surface area contributed by atoms with Crippen molar-refractivity contribution in [1.82, 2.24) is 5.01 Å². The molecule has 1 saturated heterocycles. The summed E-state index contributed by atoms with van der Waals surface area (Å²) in [4.78, 5) is 43.2. The van der Waals surface area contributed by atoms with Crippen LogP contribution in [0.15, 0.2) is 71.8 Å². The first-order chi connectivity index (χ1) is 18.1. The summed E-state index contributed by atoms with van der Waals surface area (Å²) in [7, 11) is 0. The van der Waals surface area contributed by atoms with Gasteiger partial charge in [-0.3, -0.25) is 14.6 Å². The highest BCUT2D eigenvalue weighted by Crippen LogP contribution is 2.65. The molecule has 0 radical (unpaired) electrons. The van der Waals surface area contributed by atoms with Crippen molar-refractivity contribution in [3.8, 4) is 0 Å². The maximum atomic E-state index is 14.6. The van der Waals surface area contributed by atoms with Crippen molar-refractivity contribution in [2.45, 2.75) is 44.4 Å². The van der Waals surface area contributed by atoms with Gasteiger partial charge >= 0.3 is 5.97 Å². The number of ether oxygens (including phenoxy) is 1. The van der Waals surface area contributed by atoms with E-state index in [0.29, 0.717) is 21.7 Å². The summed E-state index contributed by atoms with van der Waals surface area (Å²) in [6, 6.07) is 17.2. The Morgan fingerprint density at radius 3 is 2.18 bits per heavy atom. The third-order valence-electron chi connectivity index (χ3n) is 7.52. The summed E-state index contributed by atoms with van der Waals surface area (Å²) in [5.74, 6) is -2.31. The lowest BCUT2D eigenvalue weighted by atomic mass is 9.63. The van der Waals surface area contributed by atoms with Crippen LogP contribution in [-0.2, 0) is 9.53 Å². The summed E-state index contributed by atoms with van der Waals surface area (Å²) >= 11 is 13.0. The van der Waals surface area contributed by atoms with Crippen molar-refractivity contribution in [1.29, 1.82) is 0 Å². The molecule has 3 aromatic carbocycles. The van der Waals surface area contributed by atoms with E-state index >= 15 is 0 Å². The molecule has 2 heterocycles. The Labute approximate surface area is 230 Å². The number of carbonyl (C=O) groups is 3. The molecule has 38 heavy (non-hydrogen) atoms. The van der Waals surface area contributed by atoms with Crippen molar-refractivity contribution >= 4 is 47.0 Å². The molecule has 0 saturated carbocycles. The molecule has 1 aliphatic carbocycles. The van der Waals surface area contributed by atoms with Crippen LogP contribution in [0.4, 0.5) is 0 Å². The summed E-state index contributed by atoms with van der Waals surface area (Å²) in [5.41, 5.74) is 0.0862. The van der Waals surface area contributed by atoms with Gasteiger partial charge in [-0.15, -0.1) is 0 Å². The van der Waals surface area contributed by atoms with Crippen LogP contribution in [0.1, 0.15) is 70.1 Å². The Hall–Kier alpha value is -3.48. The molecule has 8 heteroatoms. The molecule has 0 bridgehead atoms. The predicted octanol–water partition coefficient (Wildman–Crippen LogP) is 6.26. The van der Waals surface area contributed by atoms with Crippen molar-refractivity contribution < 1.29 is 19.1 Å². The highest BCUT2D eigenvalue weighted by molar-refractivity contribution is 6.36. The zero-order valence-corrected chi connectivity index (χ0v) is 22.5. The second kappa shape index (κ2) is 8.52. The largest absolute Gasteiger partial charge is 0.458 e. The fourth-order valence-corrected chi connectivity index (χ4v) is 6.73. The Balaban J connectivity index is 1.70. The summed E-state index contributed by atoms with van der Waals surface area (Å²) in [6.07, 6.45) is 1.65. The molecule has 2 aliphatic heterocycles. The lowest BCUT2D eigenvalue weighted by molar-refractivity contribution is -0.161. The van der Waals surface area contributed by atoms with E-state index in [1.165, 1.54) is 0 Å². The predicted molar refractivity (Wildman–Crippen MR) is 145 cm³/mol. The van der Waals surface area contributed by atoms with E-state index in [9.17, 15) is 14.4 Å². The van der Waals surface area contributed by atoms with E-state index in [0.717, 1.165) is 11.1 Å². The molecular formula is C30H24Cl2N2O4. The van der Waals surface area contributed by atoms with Crippen LogP contribution in [-0.4, -0.2) is 40.4 Å². The van der Waals surface area contributed by atoms with Crippen molar-refractivity contribution in [2.75, 3.05) is 0 Å². The van der Waals surface area contributed by atoms with Crippen LogP contribution >= 0.6 is 23.2 Å². The fraction of sp³-hybridized carbons (Fsp3) is 0.267. The lowest BCUT2D eigenvalue weighted by Gasteiger charge is -2.36. The van der Waals surface area contributed by atoms with E-state index in [1.54, 1.807) is 74.5 Å². The third kappa shape index (κ3) is 3.40. The van der Waals surface area contributed by atoms with E-state index in [4.69, 9.17) is 27.9 Å². The van der Waals surface area contributed by atoms with Crippen molar-refractivity contribution in [3.05, 3.63) is 105 Å². The summed E-state index contributed by atoms with van der Waals surface area (Å²) in [5, 5.41) is 6.90. The SMILES string of the molecule is CC(C)(C)OC(=O)C1C(c2ccc(Cl)cc2Cl)C2(C(=O)c3ccccc3C2=O)C2c3ccccc3C=NN12. The molecule has 0 amide bonds. The second-order valence-corrected chi connectivity index (χ2v) is 11.7. The topological polar surface area (TPSA) is 76.0 Å². The van der Waals surface area contributed by atoms with Gasteiger partial charge in [-0.1, -0.05) is 77.8 Å². The van der Waals surface area contributed by atoms with Gasteiger partial charge in [-0.05, 0) is 49.6 Å². The molecule has 3 unspecified atom stereocenters. The molecule has 3 atom stereocenters. The highest BCUT2D eigenvalue weighted by Gasteiger charge is 2.73. The average Bonchev–Trinajstić information content (AvgIpc) is 3.30. The van der Waals surface area contributed by atoms with Crippen LogP contribution in [0.25, 0.3) is 0 Å². The summed E-state index contributed by atoms with van der Waals surface area (Å²) < 4.78 is 5.88.